The fraction of sp³-hybridized carbons (Fsp3) is 0.548. The Hall–Kier alpha value is -1.96. The lowest BCUT2D eigenvalue weighted by molar-refractivity contribution is 0.171. The third-order valence-corrected chi connectivity index (χ3v) is 8.33. The number of halogens is 2. The molecule has 0 N–H and O–H groups in total. The Morgan fingerprint density at radius 1 is 0.879 bits per heavy atom. The molecule has 0 radical (unpaired) electrons. The third-order valence-electron chi connectivity index (χ3n) is 8.33. The van der Waals surface area contributed by atoms with E-state index in [9.17, 15) is 8.78 Å². The summed E-state index contributed by atoms with van der Waals surface area (Å²) in [5, 5.41) is 1.24. The average Bonchev–Trinajstić information content (AvgIpc) is 2.86. The molecule has 0 unspecified atom stereocenters. The summed E-state index contributed by atoms with van der Waals surface area (Å²) in [6.45, 7) is 5.93. The van der Waals surface area contributed by atoms with Crippen molar-refractivity contribution in [2.24, 2.45) is 17.8 Å². The van der Waals surface area contributed by atoms with Crippen LogP contribution >= 0.6 is 0 Å². The van der Waals surface area contributed by atoms with E-state index in [1.54, 1.807) is 6.08 Å². The van der Waals surface area contributed by atoms with Crippen LogP contribution in [0.15, 0.2) is 49.1 Å². The first kappa shape index (κ1) is 24.2. The number of hydrogen-bond acceptors (Lipinski definition) is 0. The molecule has 2 aliphatic rings. The van der Waals surface area contributed by atoms with Gasteiger partial charge in [-0.2, -0.15) is 0 Å². The van der Waals surface area contributed by atoms with E-state index in [1.807, 2.05) is 18.2 Å². The summed E-state index contributed by atoms with van der Waals surface area (Å²) in [4.78, 5) is 0. The molecule has 0 saturated heterocycles. The fourth-order valence-electron chi connectivity index (χ4n) is 6.28. The summed E-state index contributed by atoms with van der Waals surface area (Å²) in [6.07, 6.45) is 20.6. The molecule has 2 aromatic carbocycles. The molecule has 0 bridgehead atoms. The summed E-state index contributed by atoms with van der Waals surface area (Å²) in [7, 11) is 0. The Bertz CT molecular complexity index is 957. The van der Waals surface area contributed by atoms with Crippen LogP contribution in [0.4, 0.5) is 8.78 Å². The zero-order chi connectivity index (χ0) is 23.2. The van der Waals surface area contributed by atoms with Gasteiger partial charge in [-0.15, -0.1) is 6.58 Å². The van der Waals surface area contributed by atoms with Crippen molar-refractivity contribution in [1.82, 2.24) is 0 Å². The van der Waals surface area contributed by atoms with E-state index in [1.165, 1.54) is 69.8 Å². The molecule has 0 heterocycles. The van der Waals surface area contributed by atoms with Crippen molar-refractivity contribution in [2.45, 2.75) is 89.9 Å². The van der Waals surface area contributed by atoms with Crippen LogP contribution in [0.1, 0.15) is 94.6 Å². The van der Waals surface area contributed by atoms with E-state index in [0.717, 1.165) is 23.1 Å². The second kappa shape index (κ2) is 11.4. The van der Waals surface area contributed by atoms with Crippen LogP contribution < -0.4 is 0 Å². The molecule has 178 valence electrons. The van der Waals surface area contributed by atoms with E-state index in [0.29, 0.717) is 29.7 Å². The second-order valence-corrected chi connectivity index (χ2v) is 10.5. The first-order valence-electron chi connectivity index (χ1n) is 13.3. The molecular formula is C31H40F2. The molecule has 0 nitrogen and oxygen atoms in total. The molecule has 2 heteroatoms. The predicted octanol–water partition coefficient (Wildman–Crippen LogP) is 9.67. The Labute approximate surface area is 199 Å². The molecule has 0 spiro atoms. The van der Waals surface area contributed by atoms with E-state index in [4.69, 9.17) is 0 Å². The van der Waals surface area contributed by atoms with Crippen LogP contribution in [0.25, 0.3) is 10.8 Å². The van der Waals surface area contributed by atoms with Crippen molar-refractivity contribution in [3.05, 3.63) is 71.8 Å². The van der Waals surface area contributed by atoms with Crippen molar-refractivity contribution < 1.29 is 8.78 Å². The number of aryl methyl sites for hydroxylation is 1. The van der Waals surface area contributed by atoms with Crippen LogP contribution in [0.2, 0.25) is 0 Å². The van der Waals surface area contributed by atoms with E-state index in [-0.39, 0.29) is 0 Å². The maximum absolute atomic E-state index is 14.9. The highest BCUT2D eigenvalue weighted by Crippen LogP contribution is 2.44. The van der Waals surface area contributed by atoms with E-state index < -0.39 is 11.6 Å². The minimum absolute atomic E-state index is 0.434. The zero-order valence-electron chi connectivity index (χ0n) is 20.3. The van der Waals surface area contributed by atoms with Gasteiger partial charge in [-0.1, -0.05) is 43.7 Å². The minimum Gasteiger partial charge on any atom is -0.203 e. The summed E-state index contributed by atoms with van der Waals surface area (Å²) < 4.78 is 29.4. The molecule has 2 fully saturated rings. The summed E-state index contributed by atoms with van der Waals surface area (Å²) in [6, 6.07) is 7.87. The molecule has 0 atom stereocenters. The highest BCUT2D eigenvalue weighted by atomic mass is 19.2. The standard InChI is InChI=1S/C31H40F2/c1-3-5-7-8-22-10-12-23(13-11-22)24-14-16-25(17-15-24)26-18-19-27-20-28(9-6-4-2)30(32)31(33)29(27)21-26/h4,7-8,18-25H,2-3,5-6,9-17H2,1H3/b8-7+. The van der Waals surface area contributed by atoms with Crippen molar-refractivity contribution in [3.63, 3.8) is 0 Å². The molecule has 2 aromatic rings. The van der Waals surface area contributed by atoms with Crippen molar-refractivity contribution in [2.75, 3.05) is 0 Å². The number of allylic oxidation sites excluding steroid dienone is 3. The van der Waals surface area contributed by atoms with E-state index >= 15 is 0 Å². The molecular weight excluding hydrogens is 410 g/mol. The third kappa shape index (κ3) is 5.76. The Morgan fingerprint density at radius 2 is 1.58 bits per heavy atom. The van der Waals surface area contributed by atoms with Gasteiger partial charge in [0.25, 0.3) is 0 Å². The first-order valence-corrected chi connectivity index (χ1v) is 13.3. The smallest absolute Gasteiger partial charge is 0.166 e. The molecule has 2 aliphatic carbocycles. The van der Waals surface area contributed by atoms with Crippen LogP contribution in [0.3, 0.4) is 0 Å². The van der Waals surface area contributed by atoms with Gasteiger partial charge < -0.3 is 0 Å². The molecule has 0 aliphatic heterocycles. The SMILES string of the molecule is C=CCCc1cc2ccc(C3CCC(C4CCC(/C=C/CCC)CC4)CC3)cc2c(F)c1F. The van der Waals surface area contributed by atoms with E-state index in [2.05, 4.69) is 31.7 Å². The lowest BCUT2D eigenvalue weighted by atomic mass is 9.68. The monoisotopic (exact) mass is 450 g/mol. The van der Waals surface area contributed by atoms with Gasteiger partial charge in [-0.25, -0.2) is 8.78 Å². The topological polar surface area (TPSA) is 0 Å². The number of unbranched alkanes of at least 4 members (excludes halogenated alkanes) is 1. The Morgan fingerprint density at radius 3 is 2.24 bits per heavy atom. The molecule has 2 saturated carbocycles. The van der Waals surface area contributed by atoms with Crippen molar-refractivity contribution in [1.29, 1.82) is 0 Å². The lowest BCUT2D eigenvalue weighted by Gasteiger charge is -2.37. The number of fused-ring (bicyclic) bond motifs is 1. The first-order chi connectivity index (χ1) is 16.1. The van der Waals surface area contributed by atoms with Crippen LogP contribution in [0, 0.1) is 29.4 Å². The molecule has 0 amide bonds. The number of rotatable bonds is 8. The molecule has 4 rings (SSSR count). The fourth-order valence-corrected chi connectivity index (χ4v) is 6.28. The van der Waals surface area contributed by atoms with Gasteiger partial charge >= 0.3 is 0 Å². The maximum Gasteiger partial charge on any atom is 0.166 e. The highest BCUT2D eigenvalue weighted by Gasteiger charge is 2.31. The van der Waals surface area contributed by atoms with Gasteiger partial charge in [0.1, 0.15) is 0 Å². The summed E-state index contributed by atoms with van der Waals surface area (Å²) in [5.41, 5.74) is 1.63. The largest absolute Gasteiger partial charge is 0.203 e. The van der Waals surface area contributed by atoms with Crippen LogP contribution in [-0.4, -0.2) is 0 Å². The number of hydrogen-bond donors (Lipinski definition) is 0. The van der Waals surface area contributed by atoms with Gasteiger partial charge in [-0.3, -0.25) is 0 Å². The zero-order valence-corrected chi connectivity index (χ0v) is 20.3. The average molecular weight is 451 g/mol. The van der Waals surface area contributed by atoms with Gasteiger partial charge in [-0.05, 0) is 123 Å². The lowest BCUT2D eigenvalue weighted by Crippen LogP contribution is -2.25. The quantitative estimate of drug-likeness (QED) is 0.351. The Kier molecular flexibility index (Phi) is 8.39. The van der Waals surface area contributed by atoms with Gasteiger partial charge in [0.15, 0.2) is 11.6 Å². The predicted molar refractivity (Wildman–Crippen MR) is 137 cm³/mol. The maximum atomic E-state index is 14.9. The van der Waals surface area contributed by atoms with Crippen molar-refractivity contribution in [3.8, 4) is 0 Å². The van der Waals surface area contributed by atoms with Crippen LogP contribution in [0.5, 0.6) is 0 Å². The normalized spacial score (nSPS) is 26.2. The summed E-state index contributed by atoms with van der Waals surface area (Å²) >= 11 is 0. The molecule has 33 heavy (non-hydrogen) atoms. The van der Waals surface area contributed by atoms with Gasteiger partial charge in [0, 0.05) is 5.39 Å². The number of benzene rings is 2. The highest BCUT2D eigenvalue weighted by molar-refractivity contribution is 5.85. The van der Waals surface area contributed by atoms with Gasteiger partial charge in [0.2, 0.25) is 0 Å². The Balaban J connectivity index is 1.36. The molecule has 0 aromatic heterocycles. The van der Waals surface area contributed by atoms with Crippen LogP contribution in [-0.2, 0) is 6.42 Å². The second-order valence-electron chi connectivity index (χ2n) is 10.5. The van der Waals surface area contributed by atoms with Crippen molar-refractivity contribution >= 4 is 10.8 Å². The summed E-state index contributed by atoms with van der Waals surface area (Å²) in [5.74, 6) is 1.64. The minimum atomic E-state index is -0.689. The van der Waals surface area contributed by atoms with Gasteiger partial charge in [0.05, 0.1) is 0 Å².